The number of carbonyl (C=O) groups is 2. The number of amides is 2. The Bertz CT molecular complexity index is 654. The molecule has 1 unspecified atom stereocenters. The smallest absolute Gasteiger partial charge is 0.227 e. The van der Waals surface area contributed by atoms with Crippen molar-refractivity contribution in [2.24, 2.45) is 0 Å². The number of nitrogens with zero attached hydrogens (tertiary/aromatic N) is 4. The maximum Gasteiger partial charge on any atom is 0.227 e. The van der Waals surface area contributed by atoms with Crippen LogP contribution < -0.4 is 0 Å². The highest BCUT2D eigenvalue weighted by atomic mass is 16.5. The van der Waals surface area contributed by atoms with E-state index >= 15 is 0 Å². The van der Waals surface area contributed by atoms with Crippen LogP contribution in [0.15, 0.2) is 24.5 Å². The zero-order valence-electron chi connectivity index (χ0n) is 16.4. The van der Waals surface area contributed by atoms with Crippen LogP contribution in [-0.2, 0) is 20.7 Å². The summed E-state index contributed by atoms with van der Waals surface area (Å²) in [5, 5.41) is 0. The third kappa shape index (κ3) is 4.65. The Balaban J connectivity index is 1.67. The lowest BCUT2D eigenvalue weighted by Crippen LogP contribution is -2.62. The van der Waals surface area contributed by atoms with Crippen molar-refractivity contribution in [1.29, 1.82) is 0 Å². The molecule has 2 aliphatic rings. The number of methoxy groups -OCH3 is 1. The Morgan fingerprint density at radius 1 is 1.22 bits per heavy atom. The molecule has 7 nitrogen and oxygen atoms in total. The van der Waals surface area contributed by atoms with E-state index in [9.17, 15) is 9.59 Å². The maximum absolute atomic E-state index is 12.8. The van der Waals surface area contributed by atoms with E-state index in [2.05, 4.69) is 16.9 Å². The number of piperazine rings is 1. The van der Waals surface area contributed by atoms with Crippen molar-refractivity contribution in [2.45, 2.75) is 31.2 Å². The van der Waals surface area contributed by atoms with Crippen LogP contribution in [0.4, 0.5) is 0 Å². The molecular weight excluding hydrogens is 344 g/mol. The Hall–Kier alpha value is -1.99. The molecule has 148 valence electrons. The quantitative estimate of drug-likeness (QED) is 0.763. The molecule has 2 aliphatic heterocycles. The van der Waals surface area contributed by atoms with Crippen molar-refractivity contribution < 1.29 is 14.3 Å². The predicted octanol–water partition coefficient (Wildman–Crippen LogP) is 0.796. The van der Waals surface area contributed by atoms with E-state index in [1.807, 2.05) is 21.9 Å². The van der Waals surface area contributed by atoms with Gasteiger partial charge in [0.15, 0.2) is 0 Å². The lowest BCUT2D eigenvalue weighted by Gasteiger charge is -2.49. The zero-order valence-corrected chi connectivity index (χ0v) is 16.4. The lowest BCUT2D eigenvalue weighted by molar-refractivity contribution is -0.136. The van der Waals surface area contributed by atoms with Crippen LogP contribution >= 0.6 is 0 Å². The molecule has 3 rings (SSSR count). The summed E-state index contributed by atoms with van der Waals surface area (Å²) >= 11 is 0. The van der Waals surface area contributed by atoms with Crippen LogP contribution in [0.3, 0.4) is 0 Å². The number of hydrogen-bond acceptors (Lipinski definition) is 5. The van der Waals surface area contributed by atoms with Crippen molar-refractivity contribution in [3.8, 4) is 0 Å². The number of ether oxygens (including phenoxy) is 1. The Morgan fingerprint density at radius 3 is 2.74 bits per heavy atom. The monoisotopic (exact) mass is 374 g/mol. The lowest BCUT2D eigenvalue weighted by atomic mass is 9.86. The predicted molar refractivity (Wildman–Crippen MR) is 102 cm³/mol. The van der Waals surface area contributed by atoms with Crippen molar-refractivity contribution in [3.63, 3.8) is 0 Å². The first-order valence-electron chi connectivity index (χ1n) is 9.69. The first-order valence-corrected chi connectivity index (χ1v) is 9.69. The molecular formula is C20H30N4O3. The molecule has 1 aromatic rings. The summed E-state index contributed by atoms with van der Waals surface area (Å²) in [5.41, 5.74) is 0.869. The normalized spacial score (nSPS) is 24.3. The van der Waals surface area contributed by atoms with E-state index < -0.39 is 0 Å². The van der Waals surface area contributed by atoms with Gasteiger partial charge >= 0.3 is 0 Å². The van der Waals surface area contributed by atoms with E-state index in [4.69, 9.17) is 4.74 Å². The zero-order chi connectivity index (χ0) is 19.3. The van der Waals surface area contributed by atoms with Gasteiger partial charge in [0.05, 0.1) is 13.0 Å². The summed E-state index contributed by atoms with van der Waals surface area (Å²) < 4.78 is 5.14. The largest absolute Gasteiger partial charge is 0.383 e. The fourth-order valence-electron chi connectivity index (χ4n) is 4.13. The SMILES string of the molecule is COCCN1CCC2(CCC1=O)CN(C(=O)Cc1ccncc1)CCN2C. The number of hydrogen-bond donors (Lipinski definition) is 0. The van der Waals surface area contributed by atoms with Gasteiger partial charge in [-0.05, 0) is 37.6 Å². The number of likely N-dealkylation sites (N-methyl/N-ethyl adjacent to an activating group) is 1. The van der Waals surface area contributed by atoms with Crippen molar-refractivity contribution >= 4 is 11.8 Å². The molecule has 0 saturated carbocycles. The van der Waals surface area contributed by atoms with Crippen molar-refractivity contribution in [1.82, 2.24) is 19.7 Å². The van der Waals surface area contributed by atoms with Gasteiger partial charge in [-0.2, -0.15) is 0 Å². The highest BCUT2D eigenvalue weighted by Crippen LogP contribution is 2.32. The number of pyridine rings is 1. The number of carbonyl (C=O) groups excluding carboxylic acids is 2. The minimum Gasteiger partial charge on any atom is -0.383 e. The summed E-state index contributed by atoms with van der Waals surface area (Å²) in [6, 6.07) is 3.78. The molecule has 2 fully saturated rings. The Kier molecular flexibility index (Phi) is 6.44. The standard InChI is InChI=1S/C20H30N4O3/c1-22-11-12-24(19(26)15-17-4-8-21-9-5-17)16-20(22)6-3-18(25)23(10-7-20)13-14-27-2/h4-5,8-9H,3,6-7,10-16H2,1-2H3. The summed E-state index contributed by atoms with van der Waals surface area (Å²) in [7, 11) is 3.78. The average molecular weight is 374 g/mol. The number of rotatable bonds is 5. The molecule has 2 amide bonds. The highest BCUT2D eigenvalue weighted by molar-refractivity contribution is 5.79. The van der Waals surface area contributed by atoms with Gasteiger partial charge in [-0.25, -0.2) is 0 Å². The summed E-state index contributed by atoms with van der Waals surface area (Å²) in [4.78, 5) is 35.6. The molecule has 0 radical (unpaired) electrons. The molecule has 0 aromatic carbocycles. The van der Waals surface area contributed by atoms with Gasteiger partial charge in [-0.3, -0.25) is 19.5 Å². The molecule has 1 spiro atoms. The van der Waals surface area contributed by atoms with Gasteiger partial charge in [0.25, 0.3) is 0 Å². The van der Waals surface area contributed by atoms with Gasteiger partial charge in [0.2, 0.25) is 11.8 Å². The highest BCUT2D eigenvalue weighted by Gasteiger charge is 2.43. The van der Waals surface area contributed by atoms with Gasteiger partial charge in [-0.1, -0.05) is 0 Å². The van der Waals surface area contributed by atoms with E-state index in [0.717, 1.165) is 38.0 Å². The van der Waals surface area contributed by atoms with Crippen LogP contribution in [0.2, 0.25) is 0 Å². The minimum absolute atomic E-state index is 0.121. The van der Waals surface area contributed by atoms with Crippen LogP contribution in [0.5, 0.6) is 0 Å². The molecule has 7 heteroatoms. The second-order valence-electron chi connectivity index (χ2n) is 7.62. The maximum atomic E-state index is 12.8. The van der Waals surface area contributed by atoms with E-state index in [1.54, 1.807) is 19.5 Å². The number of aromatic nitrogens is 1. The van der Waals surface area contributed by atoms with Crippen LogP contribution in [0, 0.1) is 0 Å². The molecule has 1 atom stereocenters. The van der Waals surface area contributed by atoms with Crippen molar-refractivity contribution in [2.75, 3.05) is 53.5 Å². The number of likely N-dealkylation sites (tertiary alicyclic amines) is 1. The Morgan fingerprint density at radius 2 is 2.00 bits per heavy atom. The van der Waals surface area contributed by atoms with E-state index in [0.29, 0.717) is 32.5 Å². The summed E-state index contributed by atoms with van der Waals surface area (Å²) in [6.45, 7) is 4.19. The van der Waals surface area contributed by atoms with Crippen LogP contribution in [0.25, 0.3) is 0 Å². The van der Waals surface area contributed by atoms with Gasteiger partial charge in [0, 0.05) is 64.2 Å². The van der Waals surface area contributed by atoms with E-state index in [-0.39, 0.29) is 17.4 Å². The fraction of sp³-hybridized carbons (Fsp3) is 0.650. The van der Waals surface area contributed by atoms with Gasteiger partial charge in [-0.15, -0.1) is 0 Å². The van der Waals surface area contributed by atoms with Gasteiger partial charge < -0.3 is 14.5 Å². The topological polar surface area (TPSA) is 66.0 Å². The third-order valence-corrected chi connectivity index (χ3v) is 6.03. The molecule has 0 bridgehead atoms. The Labute approximate surface area is 161 Å². The summed E-state index contributed by atoms with van der Waals surface area (Å²) in [5.74, 6) is 0.345. The fourth-order valence-corrected chi connectivity index (χ4v) is 4.13. The van der Waals surface area contributed by atoms with E-state index in [1.165, 1.54) is 0 Å². The second-order valence-corrected chi connectivity index (χ2v) is 7.62. The minimum atomic E-state index is -0.121. The van der Waals surface area contributed by atoms with Crippen LogP contribution in [-0.4, -0.2) is 90.5 Å². The summed E-state index contributed by atoms with van der Waals surface area (Å²) in [6.07, 6.45) is 6.06. The first kappa shape index (κ1) is 19.8. The molecule has 2 saturated heterocycles. The average Bonchev–Trinajstić information content (AvgIpc) is 2.83. The van der Waals surface area contributed by atoms with Gasteiger partial charge in [0.1, 0.15) is 0 Å². The first-order chi connectivity index (χ1) is 13.0. The molecule has 3 heterocycles. The molecule has 1 aromatic heterocycles. The molecule has 0 aliphatic carbocycles. The van der Waals surface area contributed by atoms with Crippen molar-refractivity contribution in [3.05, 3.63) is 30.1 Å². The molecule has 27 heavy (non-hydrogen) atoms. The molecule has 0 N–H and O–H groups in total. The third-order valence-electron chi connectivity index (χ3n) is 6.03. The second kappa shape index (κ2) is 8.80. The van der Waals surface area contributed by atoms with Crippen LogP contribution in [0.1, 0.15) is 24.8 Å².